The van der Waals surface area contributed by atoms with Crippen molar-refractivity contribution in [3.63, 3.8) is 0 Å². The van der Waals surface area contributed by atoms with Crippen LogP contribution in [0.1, 0.15) is 15.9 Å². The highest BCUT2D eigenvalue weighted by atomic mass is 127. The molecule has 3 amide bonds. The van der Waals surface area contributed by atoms with E-state index >= 15 is 0 Å². The van der Waals surface area contributed by atoms with Crippen molar-refractivity contribution in [3.8, 4) is 0 Å². The van der Waals surface area contributed by atoms with Gasteiger partial charge in [-0.3, -0.25) is 43.6 Å². The van der Waals surface area contributed by atoms with Gasteiger partial charge in [-0.05, 0) is 17.7 Å². The minimum atomic E-state index is -0.874. The summed E-state index contributed by atoms with van der Waals surface area (Å²) in [6.45, 7) is 5.14. The number of hydrogen-bond acceptors (Lipinski definition) is 8. The Bertz CT molecular complexity index is 969. The van der Waals surface area contributed by atoms with Gasteiger partial charge in [-0.15, -0.1) is 0 Å². The second kappa shape index (κ2) is 13.6. The topological polar surface area (TPSA) is 131 Å². The number of hydrogen-bond donors (Lipinski definition) is 2. The minimum absolute atomic E-state index is 0.0414. The number of halogens is 1. The van der Waals surface area contributed by atoms with Crippen molar-refractivity contribution in [1.82, 2.24) is 24.9 Å². The minimum Gasteiger partial charge on any atom is -0.480 e. The molecule has 0 bridgehead atoms. The van der Waals surface area contributed by atoms with Crippen LogP contribution in [0, 0.1) is 0 Å². The summed E-state index contributed by atoms with van der Waals surface area (Å²) in [4.78, 5) is 65.7. The average molecular weight is 611 g/mol. The highest BCUT2D eigenvalue weighted by Gasteiger charge is 2.23. The fourth-order valence-electron chi connectivity index (χ4n) is 4.08. The van der Waals surface area contributed by atoms with Gasteiger partial charge in [0.2, 0.25) is 3.79 Å². The number of carboxylic acid groups (broad SMARTS) is 1. The molecule has 2 N–H and O–H groups in total. The molecule has 1 aromatic rings. The van der Waals surface area contributed by atoms with Gasteiger partial charge in [0.15, 0.2) is 0 Å². The molecule has 194 valence electrons. The maximum atomic E-state index is 12.4. The van der Waals surface area contributed by atoms with E-state index in [4.69, 9.17) is 0 Å². The van der Waals surface area contributed by atoms with E-state index in [2.05, 4.69) is 15.1 Å². The summed E-state index contributed by atoms with van der Waals surface area (Å²) in [6.07, 6.45) is 2.42. The van der Waals surface area contributed by atoms with Crippen LogP contribution in [0.5, 0.6) is 0 Å². The maximum absolute atomic E-state index is 12.4. The largest absolute Gasteiger partial charge is 0.480 e. The first kappa shape index (κ1) is 27.9. The molecule has 0 aliphatic carbocycles. The number of rotatable bonds is 10. The lowest BCUT2D eigenvalue weighted by Gasteiger charge is -2.25. The van der Waals surface area contributed by atoms with Gasteiger partial charge in [-0.2, -0.15) is 0 Å². The summed E-state index contributed by atoms with van der Waals surface area (Å²) < 4.78 is 0.0485. The van der Waals surface area contributed by atoms with E-state index in [-0.39, 0.29) is 41.1 Å². The zero-order valence-corrected chi connectivity index (χ0v) is 22.1. The molecule has 0 atom stereocenters. The van der Waals surface area contributed by atoms with Gasteiger partial charge >= 0.3 is 5.97 Å². The van der Waals surface area contributed by atoms with E-state index in [1.807, 2.05) is 17.0 Å². The van der Waals surface area contributed by atoms with Gasteiger partial charge in [0.05, 0.1) is 13.1 Å². The van der Waals surface area contributed by atoms with Crippen LogP contribution in [0.2, 0.25) is 0 Å². The average Bonchev–Trinajstić information content (AvgIpc) is 3.18. The molecule has 0 aromatic heterocycles. The first-order valence-corrected chi connectivity index (χ1v) is 12.8. The molecule has 36 heavy (non-hydrogen) atoms. The van der Waals surface area contributed by atoms with Gasteiger partial charge in [-0.1, -0.05) is 12.1 Å². The third-order valence-electron chi connectivity index (χ3n) is 6.05. The number of carboxylic acids is 1. The molecule has 1 fully saturated rings. The fourth-order valence-corrected chi connectivity index (χ4v) is 4.56. The Kier molecular flexibility index (Phi) is 10.5. The molecule has 1 saturated heterocycles. The van der Waals surface area contributed by atoms with Crippen LogP contribution < -0.4 is 5.32 Å². The normalized spacial score (nSPS) is 18.1. The standard InChI is InChI=1S/C24H30IN5O6/c25-20(31)16-28-11-9-27(10-13-29(14-12-28)17-23(34)35)15-18-1-3-19(4-2-18)24(36)26-7-8-30-21(32)5-6-22(30)33/h1-6H,7-17H2,(H,26,36)(H,34,35). The predicted octanol–water partition coefficient (Wildman–Crippen LogP) is -0.193. The number of imide groups is 1. The molecule has 2 heterocycles. The highest BCUT2D eigenvalue weighted by Crippen LogP contribution is 2.10. The predicted molar refractivity (Wildman–Crippen MR) is 139 cm³/mol. The number of carbonyl (C=O) groups excluding carboxylic acids is 4. The Morgan fingerprint density at radius 3 is 1.89 bits per heavy atom. The summed E-state index contributed by atoms with van der Waals surface area (Å²) in [5.74, 6) is -1.93. The van der Waals surface area contributed by atoms with E-state index in [1.165, 1.54) is 12.2 Å². The van der Waals surface area contributed by atoms with Crippen LogP contribution in [0.4, 0.5) is 0 Å². The second-order valence-corrected chi connectivity index (χ2v) is 9.89. The third kappa shape index (κ3) is 8.76. The Hall–Kier alpha value is -2.68. The van der Waals surface area contributed by atoms with E-state index in [0.29, 0.717) is 51.4 Å². The molecule has 0 radical (unpaired) electrons. The second-order valence-electron chi connectivity index (χ2n) is 8.69. The Morgan fingerprint density at radius 1 is 0.833 bits per heavy atom. The number of amides is 3. The first-order chi connectivity index (χ1) is 17.2. The van der Waals surface area contributed by atoms with Gasteiger partial charge in [0, 0.05) is 99.2 Å². The lowest BCUT2D eigenvalue weighted by Crippen LogP contribution is -2.39. The van der Waals surface area contributed by atoms with Crippen LogP contribution >= 0.6 is 22.6 Å². The molecule has 1 aromatic carbocycles. The SMILES string of the molecule is O=C(O)CN1CCN(CC(=O)I)CCN(Cc2ccc(C(=O)NCCN3C(=O)C=CC3=O)cc2)CC1. The van der Waals surface area contributed by atoms with Gasteiger partial charge in [0.25, 0.3) is 17.7 Å². The Labute approximate surface area is 223 Å². The van der Waals surface area contributed by atoms with Crippen molar-refractivity contribution in [2.75, 3.05) is 65.4 Å². The van der Waals surface area contributed by atoms with Gasteiger partial charge in [0.1, 0.15) is 0 Å². The molecule has 3 rings (SSSR count). The summed E-state index contributed by atoms with van der Waals surface area (Å²) >= 11 is 1.78. The van der Waals surface area contributed by atoms with Gasteiger partial charge in [-0.25, -0.2) is 0 Å². The van der Waals surface area contributed by atoms with Crippen molar-refractivity contribution >= 4 is 50.1 Å². The first-order valence-electron chi connectivity index (χ1n) is 11.7. The van der Waals surface area contributed by atoms with E-state index in [0.717, 1.165) is 17.0 Å². The molecule has 11 nitrogen and oxygen atoms in total. The highest BCUT2D eigenvalue weighted by molar-refractivity contribution is 14.1. The zero-order chi connectivity index (χ0) is 26.1. The Balaban J connectivity index is 1.54. The molecular formula is C24H30IN5O6. The summed E-state index contributed by atoms with van der Waals surface area (Å²) in [6, 6.07) is 7.21. The molecule has 0 spiro atoms. The van der Waals surface area contributed by atoms with Crippen LogP contribution in [-0.2, 0) is 25.7 Å². The monoisotopic (exact) mass is 611 g/mol. The molecule has 0 saturated carbocycles. The zero-order valence-electron chi connectivity index (χ0n) is 19.9. The van der Waals surface area contributed by atoms with Gasteiger partial charge < -0.3 is 10.4 Å². The van der Waals surface area contributed by atoms with Crippen molar-refractivity contribution in [1.29, 1.82) is 0 Å². The Morgan fingerprint density at radius 2 is 1.36 bits per heavy atom. The van der Waals surface area contributed by atoms with Crippen molar-refractivity contribution in [3.05, 3.63) is 47.5 Å². The fraction of sp³-hybridized carbons (Fsp3) is 0.458. The quantitative estimate of drug-likeness (QED) is 0.210. The molecule has 2 aliphatic heterocycles. The van der Waals surface area contributed by atoms with E-state index in [9.17, 15) is 29.1 Å². The van der Waals surface area contributed by atoms with Crippen molar-refractivity contribution < 1.29 is 29.1 Å². The molecule has 2 aliphatic rings. The lowest BCUT2D eigenvalue weighted by molar-refractivity contribution is -0.139. The number of carbonyl (C=O) groups is 5. The van der Waals surface area contributed by atoms with E-state index in [1.54, 1.807) is 34.7 Å². The molecule has 12 heteroatoms. The van der Waals surface area contributed by atoms with Crippen LogP contribution in [0.25, 0.3) is 0 Å². The summed E-state index contributed by atoms with van der Waals surface area (Å²) in [7, 11) is 0. The number of nitrogens with one attached hydrogen (secondary N) is 1. The number of benzene rings is 1. The van der Waals surface area contributed by atoms with Crippen LogP contribution in [0.3, 0.4) is 0 Å². The van der Waals surface area contributed by atoms with Crippen molar-refractivity contribution in [2.45, 2.75) is 6.54 Å². The van der Waals surface area contributed by atoms with Crippen LogP contribution in [0.15, 0.2) is 36.4 Å². The maximum Gasteiger partial charge on any atom is 0.317 e. The lowest BCUT2D eigenvalue weighted by atomic mass is 10.1. The molecular weight excluding hydrogens is 581 g/mol. The third-order valence-corrected chi connectivity index (χ3v) is 6.39. The smallest absolute Gasteiger partial charge is 0.317 e. The summed E-state index contributed by atoms with van der Waals surface area (Å²) in [5.41, 5.74) is 1.48. The van der Waals surface area contributed by atoms with Crippen LogP contribution in [-0.4, -0.2) is 118 Å². The number of nitrogens with zero attached hydrogens (tertiary/aromatic N) is 4. The van der Waals surface area contributed by atoms with Crippen molar-refractivity contribution in [2.24, 2.45) is 0 Å². The molecule has 0 unspecified atom stereocenters. The van der Waals surface area contributed by atoms with E-state index < -0.39 is 5.97 Å². The number of aliphatic carboxylic acids is 1. The summed E-state index contributed by atoms with van der Waals surface area (Å²) in [5, 5.41) is 11.9.